The monoisotopic (exact) mass is 299 g/mol. The normalized spacial score (nSPS) is 23.4. The number of aryl methyl sites for hydroxylation is 2. The zero-order valence-electron chi connectivity index (χ0n) is 12.3. The van der Waals surface area contributed by atoms with Crippen LogP contribution in [0.3, 0.4) is 0 Å². The van der Waals surface area contributed by atoms with Crippen molar-refractivity contribution in [3.63, 3.8) is 0 Å². The van der Waals surface area contributed by atoms with E-state index in [1.54, 1.807) is 0 Å². The Morgan fingerprint density at radius 1 is 1.50 bits per heavy atom. The molecular weight excluding hydrogens is 278 g/mol. The van der Waals surface area contributed by atoms with Crippen LogP contribution in [0.25, 0.3) is 0 Å². The molecule has 0 bridgehead atoms. The van der Waals surface area contributed by atoms with Crippen LogP contribution in [-0.4, -0.2) is 38.8 Å². The molecule has 1 N–H and O–H groups in total. The van der Waals surface area contributed by atoms with Crippen LogP contribution >= 0.6 is 11.6 Å². The van der Waals surface area contributed by atoms with Crippen molar-refractivity contribution < 1.29 is 9.90 Å². The lowest BCUT2D eigenvalue weighted by atomic mass is 9.90. The molecule has 20 heavy (non-hydrogen) atoms. The Morgan fingerprint density at radius 3 is 2.70 bits per heavy atom. The van der Waals surface area contributed by atoms with Crippen molar-refractivity contribution in [1.29, 1.82) is 0 Å². The highest BCUT2D eigenvalue weighted by Crippen LogP contribution is 2.32. The molecule has 1 unspecified atom stereocenters. The Labute approximate surface area is 124 Å². The van der Waals surface area contributed by atoms with Crippen LogP contribution in [0.15, 0.2) is 0 Å². The van der Waals surface area contributed by atoms with Gasteiger partial charge in [0.15, 0.2) is 0 Å². The van der Waals surface area contributed by atoms with Crippen molar-refractivity contribution in [2.24, 2.45) is 5.41 Å². The third-order valence-electron chi connectivity index (χ3n) is 4.14. The van der Waals surface area contributed by atoms with E-state index in [0.717, 1.165) is 35.9 Å². The van der Waals surface area contributed by atoms with Gasteiger partial charge in [0.05, 0.1) is 21.8 Å². The molecule has 1 atom stereocenters. The molecular formula is C14H22ClN3O2. The molecule has 1 aromatic rings. The van der Waals surface area contributed by atoms with E-state index in [9.17, 15) is 9.90 Å². The molecule has 0 aromatic carbocycles. The van der Waals surface area contributed by atoms with E-state index >= 15 is 0 Å². The number of aromatic nitrogens is 2. The number of rotatable bonds is 5. The first-order chi connectivity index (χ1) is 9.41. The molecule has 2 rings (SSSR count). The van der Waals surface area contributed by atoms with E-state index in [-0.39, 0.29) is 0 Å². The van der Waals surface area contributed by atoms with Crippen molar-refractivity contribution in [2.45, 2.75) is 46.7 Å². The minimum atomic E-state index is -0.718. The smallest absolute Gasteiger partial charge is 0.310 e. The van der Waals surface area contributed by atoms with Crippen molar-refractivity contribution >= 4 is 17.6 Å². The molecule has 0 aliphatic carbocycles. The van der Waals surface area contributed by atoms with Gasteiger partial charge in [-0.25, -0.2) is 0 Å². The van der Waals surface area contributed by atoms with Crippen LogP contribution < -0.4 is 0 Å². The lowest BCUT2D eigenvalue weighted by Gasteiger charge is -2.20. The van der Waals surface area contributed by atoms with Crippen LogP contribution in [0.1, 0.15) is 38.6 Å². The van der Waals surface area contributed by atoms with Crippen molar-refractivity contribution in [2.75, 3.05) is 13.1 Å². The van der Waals surface area contributed by atoms with Gasteiger partial charge in [0.2, 0.25) is 0 Å². The van der Waals surface area contributed by atoms with Gasteiger partial charge < -0.3 is 5.11 Å². The van der Waals surface area contributed by atoms with Crippen LogP contribution in [0.2, 0.25) is 5.02 Å². The number of aliphatic carboxylic acids is 1. The fourth-order valence-electron chi connectivity index (χ4n) is 2.75. The number of carboxylic acid groups (broad SMARTS) is 1. The molecule has 1 saturated heterocycles. The summed E-state index contributed by atoms with van der Waals surface area (Å²) in [5, 5.41) is 14.5. The second-order valence-electron chi connectivity index (χ2n) is 5.70. The first-order valence-electron chi connectivity index (χ1n) is 7.11. The van der Waals surface area contributed by atoms with E-state index in [2.05, 4.69) is 10.00 Å². The minimum Gasteiger partial charge on any atom is -0.481 e. The minimum absolute atomic E-state index is 0.564. The Hall–Kier alpha value is -1.07. The standard InChI is InChI=1S/C14H22ClN3O2/c1-4-10-12(15)11(18(5-2)16-10)8-17-7-6-14(3,9-17)13(19)20/h4-9H2,1-3H3,(H,19,20). The number of likely N-dealkylation sites (tertiary alicyclic amines) is 1. The highest BCUT2D eigenvalue weighted by atomic mass is 35.5. The SMILES string of the molecule is CCc1nn(CC)c(CN2CCC(C)(C(=O)O)C2)c1Cl. The average molecular weight is 300 g/mol. The highest BCUT2D eigenvalue weighted by Gasteiger charge is 2.40. The Balaban J connectivity index is 2.16. The van der Waals surface area contributed by atoms with Gasteiger partial charge in [0.1, 0.15) is 0 Å². The summed E-state index contributed by atoms with van der Waals surface area (Å²) in [6.45, 7) is 8.69. The van der Waals surface area contributed by atoms with Gasteiger partial charge in [-0.1, -0.05) is 18.5 Å². The summed E-state index contributed by atoms with van der Waals surface area (Å²) in [5.74, 6) is -0.718. The molecule has 0 amide bonds. The summed E-state index contributed by atoms with van der Waals surface area (Å²) >= 11 is 6.39. The van der Waals surface area contributed by atoms with E-state index in [4.69, 9.17) is 11.6 Å². The molecule has 1 aliphatic rings. The van der Waals surface area contributed by atoms with Gasteiger partial charge in [-0.2, -0.15) is 5.10 Å². The first kappa shape index (κ1) is 15.3. The highest BCUT2D eigenvalue weighted by molar-refractivity contribution is 6.31. The maximum Gasteiger partial charge on any atom is 0.310 e. The Morgan fingerprint density at radius 2 is 2.20 bits per heavy atom. The summed E-state index contributed by atoms with van der Waals surface area (Å²) in [6, 6.07) is 0. The van der Waals surface area contributed by atoms with E-state index < -0.39 is 11.4 Å². The molecule has 1 aromatic heterocycles. The summed E-state index contributed by atoms with van der Waals surface area (Å²) in [4.78, 5) is 13.4. The van der Waals surface area contributed by atoms with Gasteiger partial charge in [-0.3, -0.25) is 14.4 Å². The van der Waals surface area contributed by atoms with E-state index in [1.165, 1.54) is 0 Å². The number of carboxylic acids is 1. The van der Waals surface area contributed by atoms with Gasteiger partial charge in [0.25, 0.3) is 0 Å². The van der Waals surface area contributed by atoms with Crippen molar-refractivity contribution in [3.05, 3.63) is 16.4 Å². The zero-order valence-corrected chi connectivity index (χ0v) is 13.1. The largest absolute Gasteiger partial charge is 0.481 e. The predicted octanol–water partition coefficient (Wildman–Crippen LogP) is 2.42. The summed E-state index contributed by atoms with van der Waals surface area (Å²) < 4.78 is 1.93. The molecule has 0 radical (unpaired) electrons. The number of hydrogen-bond acceptors (Lipinski definition) is 3. The van der Waals surface area contributed by atoms with Crippen molar-refractivity contribution in [1.82, 2.24) is 14.7 Å². The number of carbonyl (C=O) groups is 1. The quantitative estimate of drug-likeness (QED) is 0.907. The van der Waals surface area contributed by atoms with Crippen LogP contribution in [0.4, 0.5) is 0 Å². The second-order valence-corrected chi connectivity index (χ2v) is 6.08. The summed E-state index contributed by atoms with van der Waals surface area (Å²) in [5.41, 5.74) is 1.28. The molecule has 1 fully saturated rings. The molecule has 5 nitrogen and oxygen atoms in total. The lowest BCUT2D eigenvalue weighted by molar-refractivity contribution is -0.147. The molecule has 6 heteroatoms. The summed E-state index contributed by atoms with van der Waals surface area (Å²) in [6.07, 6.45) is 1.49. The van der Waals surface area contributed by atoms with Gasteiger partial charge in [0, 0.05) is 19.6 Å². The maximum absolute atomic E-state index is 11.3. The van der Waals surface area contributed by atoms with Crippen LogP contribution in [-0.2, 0) is 24.3 Å². The molecule has 2 heterocycles. The topological polar surface area (TPSA) is 58.4 Å². The van der Waals surface area contributed by atoms with E-state index in [1.807, 2.05) is 25.5 Å². The van der Waals surface area contributed by atoms with E-state index in [0.29, 0.717) is 19.5 Å². The second kappa shape index (κ2) is 5.74. The average Bonchev–Trinajstić information content (AvgIpc) is 2.93. The fourth-order valence-corrected chi connectivity index (χ4v) is 3.07. The third-order valence-corrected chi connectivity index (χ3v) is 4.57. The Kier molecular flexibility index (Phi) is 4.39. The van der Waals surface area contributed by atoms with Crippen LogP contribution in [0.5, 0.6) is 0 Å². The molecule has 112 valence electrons. The van der Waals surface area contributed by atoms with Crippen molar-refractivity contribution in [3.8, 4) is 0 Å². The molecule has 0 spiro atoms. The number of hydrogen-bond donors (Lipinski definition) is 1. The van der Waals surface area contributed by atoms with Gasteiger partial charge in [-0.05, 0) is 33.2 Å². The fraction of sp³-hybridized carbons (Fsp3) is 0.714. The number of halogens is 1. The predicted molar refractivity (Wildman–Crippen MR) is 77.9 cm³/mol. The maximum atomic E-state index is 11.3. The molecule has 1 aliphatic heterocycles. The third kappa shape index (κ3) is 2.69. The lowest BCUT2D eigenvalue weighted by Crippen LogP contribution is -2.31. The van der Waals surface area contributed by atoms with Gasteiger partial charge >= 0.3 is 5.97 Å². The van der Waals surface area contributed by atoms with Gasteiger partial charge in [-0.15, -0.1) is 0 Å². The number of nitrogens with zero attached hydrogens (tertiary/aromatic N) is 3. The first-order valence-corrected chi connectivity index (χ1v) is 7.49. The molecule has 0 saturated carbocycles. The van der Waals surface area contributed by atoms with Crippen LogP contribution in [0, 0.1) is 5.41 Å². The Bertz CT molecular complexity index is 515. The summed E-state index contributed by atoms with van der Waals surface area (Å²) in [7, 11) is 0. The zero-order chi connectivity index (χ0) is 14.9.